The van der Waals surface area contributed by atoms with E-state index in [-0.39, 0.29) is 53.4 Å². The molecule has 0 radical (unpaired) electrons. The molecule has 214 valence electrons. The predicted molar refractivity (Wildman–Crippen MR) is 133 cm³/mol. The number of halogens is 4. The van der Waals surface area contributed by atoms with Crippen molar-refractivity contribution in [1.29, 1.82) is 0 Å². The summed E-state index contributed by atoms with van der Waals surface area (Å²) < 4.78 is 54.4. The van der Waals surface area contributed by atoms with Crippen LogP contribution in [0.25, 0.3) is 22.4 Å². The van der Waals surface area contributed by atoms with Crippen molar-refractivity contribution in [1.82, 2.24) is 20.3 Å². The molecule has 5 heterocycles. The summed E-state index contributed by atoms with van der Waals surface area (Å²) in [5.74, 6) is -4.03. The van der Waals surface area contributed by atoms with Gasteiger partial charge in [0, 0.05) is 18.2 Å². The lowest BCUT2D eigenvalue weighted by Crippen LogP contribution is -2.34. The largest absolute Gasteiger partial charge is 0.456 e. The number of rotatable bonds is 5. The number of aromatic amines is 1. The molecule has 3 aliphatic rings. The molecule has 0 saturated carbocycles. The first-order chi connectivity index (χ1) is 18.9. The third-order valence-electron chi connectivity index (χ3n) is 6.24. The number of imide groups is 1. The molecule has 0 spiro atoms. The van der Waals surface area contributed by atoms with Gasteiger partial charge in [-0.15, -0.1) is 0 Å². The molecule has 3 fully saturated rings. The maximum atomic E-state index is 15.0. The summed E-state index contributed by atoms with van der Waals surface area (Å²) >= 11 is 6.38. The fourth-order valence-electron chi connectivity index (χ4n) is 4.34. The summed E-state index contributed by atoms with van der Waals surface area (Å²) in [6.45, 7) is -0.170. The van der Waals surface area contributed by atoms with Crippen LogP contribution in [0.1, 0.15) is 6.92 Å². The standard InChI is InChI=1S/C21H17ClFN5O6.C3H6F2O/c22-10-4-12-19(27-20(24-12)34-14-7-33-17-13(29)6-32-18(14)17)26-16(10)9-2-1-8(3-11(9)23)28-5-15(30)25-21(28)31;1-3(4,5)2-6/h1-4,13-14,17-18,29H,5-7H2,(H,24,26,27)(H,25,30,31);6H,2H2,1H3/t13-,14-,17-,18-;/m1./s1. The molecule has 3 amide bonds. The van der Waals surface area contributed by atoms with Crippen molar-refractivity contribution in [2.45, 2.75) is 37.3 Å². The first-order valence-electron chi connectivity index (χ1n) is 12.0. The number of nitrogens with one attached hydrogen (secondary N) is 2. The molecule has 4 N–H and O–H groups in total. The summed E-state index contributed by atoms with van der Waals surface area (Å²) in [4.78, 5) is 36.1. The highest BCUT2D eigenvalue weighted by Crippen LogP contribution is 2.34. The van der Waals surface area contributed by atoms with Crippen molar-refractivity contribution in [2.24, 2.45) is 0 Å². The van der Waals surface area contributed by atoms with Crippen LogP contribution in [0.4, 0.5) is 23.7 Å². The number of aliphatic hydroxyl groups is 2. The van der Waals surface area contributed by atoms with Gasteiger partial charge in [-0.3, -0.25) is 15.0 Å². The summed E-state index contributed by atoms with van der Waals surface area (Å²) in [6, 6.07) is 5.18. The topological polar surface area (TPSA) is 159 Å². The van der Waals surface area contributed by atoms with Crippen molar-refractivity contribution in [3.05, 3.63) is 35.1 Å². The number of aliphatic hydroxyl groups excluding tert-OH is 2. The van der Waals surface area contributed by atoms with Crippen LogP contribution in [-0.4, -0.2) is 93.8 Å². The summed E-state index contributed by atoms with van der Waals surface area (Å²) in [5, 5.41) is 19.8. The second-order valence-electron chi connectivity index (χ2n) is 9.38. The number of benzene rings is 1. The van der Waals surface area contributed by atoms with E-state index in [2.05, 4.69) is 20.3 Å². The highest BCUT2D eigenvalue weighted by molar-refractivity contribution is 6.33. The SMILES string of the molecule is CC(F)(F)CO.O=C1CN(c2ccc(-c3nc4nc(O[C@@H]5CO[C@H]6[C@@H]5OC[C@H]6O)[nH]c4cc3Cl)c(F)c2)C(=O)N1. The number of urea groups is 1. The average molecular weight is 586 g/mol. The summed E-state index contributed by atoms with van der Waals surface area (Å²) in [6.07, 6.45) is -2.00. The number of aromatic nitrogens is 3. The molecular weight excluding hydrogens is 563 g/mol. The average Bonchev–Trinajstić information content (AvgIpc) is 3.65. The first-order valence-corrected chi connectivity index (χ1v) is 12.4. The highest BCUT2D eigenvalue weighted by Gasteiger charge is 2.48. The van der Waals surface area contributed by atoms with Gasteiger partial charge in [0.2, 0.25) is 5.91 Å². The Hall–Kier alpha value is -3.50. The van der Waals surface area contributed by atoms with Crippen molar-refractivity contribution < 1.29 is 47.2 Å². The van der Waals surface area contributed by atoms with Crippen LogP contribution in [0.15, 0.2) is 24.3 Å². The molecule has 3 aromatic rings. The Morgan fingerprint density at radius 2 is 1.93 bits per heavy atom. The summed E-state index contributed by atoms with van der Waals surface area (Å²) in [5.41, 5.74) is 1.23. The molecule has 6 rings (SSSR count). The molecule has 1 aromatic carbocycles. The normalized spacial score (nSPS) is 24.2. The second-order valence-corrected chi connectivity index (χ2v) is 9.79. The Bertz CT molecular complexity index is 1450. The Balaban J connectivity index is 0.000000487. The second kappa shape index (κ2) is 10.8. The van der Waals surface area contributed by atoms with Gasteiger partial charge in [0.05, 0.1) is 29.4 Å². The van der Waals surface area contributed by atoms with E-state index in [1.54, 1.807) is 6.07 Å². The fraction of sp³-hybridized carbons (Fsp3) is 0.417. The van der Waals surface area contributed by atoms with Gasteiger partial charge in [-0.1, -0.05) is 11.6 Å². The van der Waals surface area contributed by atoms with Crippen molar-refractivity contribution in [2.75, 3.05) is 31.3 Å². The first kappa shape index (κ1) is 28.0. The summed E-state index contributed by atoms with van der Waals surface area (Å²) in [7, 11) is 0. The molecule has 12 nitrogen and oxygen atoms in total. The fourth-order valence-corrected chi connectivity index (χ4v) is 4.60. The van der Waals surface area contributed by atoms with Crippen LogP contribution in [-0.2, 0) is 14.3 Å². The smallest absolute Gasteiger partial charge is 0.329 e. The molecule has 2 aromatic heterocycles. The van der Waals surface area contributed by atoms with Gasteiger partial charge in [-0.25, -0.2) is 22.9 Å². The number of carbonyl (C=O) groups excluding carboxylic acids is 2. The Labute approximate surface area is 229 Å². The minimum atomic E-state index is -2.90. The van der Waals surface area contributed by atoms with Crippen molar-refractivity contribution in [3.63, 3.8) is 0 Å². The molecular formula is C24H23ClF3N5O7. The van der Waals surface area contributed by atoms with Gasteiger partial charge >= 0.3 is 6.03 Å². The van der Waals surface area contributed by atoms with E-state index < -0.39 is 54.7 Å². The monoisotopic (exact) mass is 585 g/mol. The molecule has 16 heteroatoms. The lowest BCUT2D eigenvalue weighted by Gasteiger charge is -2.15. The Morgan fingerprint density at radius 3 is 2.58 bits per heavy atom. The van der Waals surface area contributed by atoms with E-state index in [0.29, 0.717) is 12.4 Å². The number of carbonyl (C=O) groups is 2. The number of H-pyrrole nitrogens is 1. The van der Waals surface area contributed by atoms with Gasteiger partial charge in [0.1, 0.15) is 37.3 Å². The molecule has 0 bridgehead atoms. The van der Waals surface area contributed by atoms with Crippen LogP contribution in [0.2, 0.25) is 5.02 Å². The zero-order valence-electron chi connectivity index (χ0n) is 20.7. The van der Waals surface area contributed by atoms with Crippen LogP contribution >= 0.6 is 11.6 Å². The minimum Gasteiger partial charge on any atom is -0.456 e. The van der Waals surface area contributed by atoms with E-state index >= 15 is 0 Å². The van der Waals surface area contributed by atoms with Crippen molar-refractivity contribution in [3.8, 4) is 17.3 Å². The number of alkyl halides is 2. The van der Waals surface area contributed by atoms with Gasteiger partial charge in [0.25, 0.3) is 11.9 Å². The number of amides is 3. The lowest BCUT2D eigenvalue weighted by molar-refractivity contribution is -0.117. The predicted octanol–water partition coefficient (Wildman–Crippen LogP) is 2.01. The molecule has 4 atom stereocenters. The van der Waals surface area contributed by atoms with Crippen molar-refractivity contribution >= 4 is 40.4 Å². The minimum absolute atomic E-state index is 0.104. The quantitative estimate of drug-likeness (QED) is 0.329. The van der Waals surface area contributed by atoms with E-state index in [9.17, 15) is 27.9 Å². The maximum absolute atomic E-state index is 15.0. The number of hydrogen-bond donors (Lipinski definition) is 4. The number of ether oxygens (including phenoxy) is 3. The zero-order chi connectivity index (χ0) is 28.8. The number of fused-ring (bicyclic) bond motifs is 2. The van der Waals surface area contributed by atoms with Gasteiger partial charge in [-0.2, -0.15) is 4.98 Å². The third kappa shape index (κ3) is 5.69. The molecule has 0 unspecified atom stereocenters. The number of nitrogens with zero attached hydrogens (tertiary/aromatic N) is 3. The Kier molecular flexibility index (Phi) is 7.58. The molecule has 0 aliphatic carbocycles. The molecule has 40 heavy (non-hydrogen) atoms. The number of hydrogen-bond acceptors (Lipinski definition) is 9. The van der Waals surface area contributed by atoms with E-state index in [1.165, 1.54) is 12.1 Å². The van der Waals surface area contributed by atoms with E-state index in [0.717, 1.165) is 11.0 Å². The van der Waals surface area contributed by atoms with E-state index in [4.69, 9.17) is 30.9 Å². The van der Waals surface area contributed by atoms with Gasteiger partial charge in [-0.05, 0) is 24.3 Å². The number of imidazole rings is 1. The van der Waals surface area contributed by atoms with Gasteiger partial charge < -0.3 is 29.4 Å². The maximum Gasteiger partial charge on any atom is 0.329 e. The lowest BCUT2D eigenvalue weighted by atomic mass is 10.1. The Morgan fingerprint density at radius 1 is 1.20 bits per heavy atom. The van der Waals surface area contributed by atoms with E-state index in [1.807, 2.05) is 0 Å². The van der Waals surface area contributed by atoms with Crippen LogP contribution in [0.3, 0.4) is 0 Å². The molecule has 3 saturated heterocycles. The van der Waals surface area contributed by atoms with Crippen LogP contribution in [0.5, 0.6) is 6.01 Å². The number of pyridine rings is 1. The highest BCUT2D eigenvalue weighted by atomic mass is 35.5. The zero-order valence-corrected chi connectivity index (χ0v) is 21.5. The third-order valence-corrected chi connectivity index (χ3v) is 6.53. The molecule has 3 aliphatic heterocycles. The number of anilines is 1. The van der Waals surface area contributed by atoms with Crippen LogP contribution in [0, 0.1) is 5.82 Å². The van der Waals surface area contributed by atoms with Gasteiger partial charge in [0.15, 0.2) is 11.8 Å². The van der Waals surface area contributed by atoms with Crippen LogP contribution < -0.4 is 15.0 Å².